The van der Waals surface area contributed by atoms with Gasteiger partial charge in [0, 0.05) is 22.5 Å². The van der Waals surface area contributed by atoms with E-state index < -0.39 is 0 Å². The Hall–Kier alpha value is -0.540. The fourth-order valence-electron chi connectivity index (χ4n) is 3.26. The molecule has 3 rings (SSSR count). The van der Waals surface area contributed by atoms with Gasteiger partial charge in [0.25, 0.3) is 0 Å². The molecule has 2 nitrogen and oxygen atoms in total. The van der Waals surface area contributed by atoms with Gasteiger partial charge < -0.3 is 10.1 Å². The van der Waals surface area contributed by atoms with Crippen molar-refractivity contribution in [1.82, 2.24) is 5.32 Å². The predicted octanol–water partition coefficient (Wildman–Crippen LogP) is 3.76. The molecule has 0 saturated carbocycles. The molecule has 1 N–H and O–H groups in total. The Morgan fingerprint density at radius 1 is 1.39 bits per heavy atom. The molecule has 1 aromatic carbocycles. The summed E-state index contributed by atoms with van der Waals surface area (Å²) in [5.41, 5.74) is 4.30. The Morgan fingerprint density at radius 3 is 3.11 bits per heavy atom. The van der Waals surface area contributed by atoms with E-state index in [9.17, 15) is 0 Å². The first-order valence-corrected chi connectivity index (χ1v) is 7.81. The normalized spacial score (nSPS) is 22.0. The van der Waals surface area contributed by atoms with Gasteiger partial charge in [-0.3, -0.25) is 0 Å². The maximum absolute atomic E-state index is 5.89. The lowest BCUT2D eigenvalue weighted by Gasteiger charge is -2.22. The van der Waals surface area contributed by atoms with E-state index >= 15 is 0 Å². The van der Waals surface area contributed by atoms with E-state index in [1.54, 1.807) is 0 Å². The third-order valence-corrected chi connectivity index (χ3v) is 4.69. The van der Waals surface area contributed by atoms with Crippen LogP contribution in [0.5, 0.6) is 5.75 Å². The first-order chi connectivity index (χ1) is 8.81. The van der Waals surface area contributed by atoms with Crippen LogP contribution in [0.3, 0.4) is 0 Å². The molecule has 0 amide bonds. The molecule has 1 aliphatic carbocycles. The summed E-state index contributed by atoms with van der Waals surface area (Å²) >= 11 is 3.79. The number of rotatable bonds is 2. The SMILES string of the molecule is CCNC1CCCCc2c3c(cc(Br)c21)CCO3. The summed E-state index contributed by atoms with van der Waals surface area (Å²) in [7, 11) is 0. The lowest BCUT2D eigenvalue weighted by molar-refractivity contribution is 0.352. The standard InChI is InChI=1S/C15H20BrNO/c1-2-17-13-6-4-3-5-11-14(13)12(16)9-10-7-8-18-15(10)11/h9,13,17H,2-8H2,1H3. The van der Waals surface area contributed by atoms with Crippen molar-refractivity contribution < 1.29 is 4.74 Å². The topological polar surface area (TPSA) is 21.3 Å². The average molecular weight is 310 g/mol. The van der Waals surface area contributed by atoms with Gasteiger partial charge >= 0.3 is 0 Å². The van der Waals surface area contributed by atoms with Gasteiger partial charge in [-0.25, -0.2) is 0 Å². The molecule has 98 valence electrons. The molecular weight excluding hydrogens is 290 g/mol. The van der Waals surface area contributed by atoms with Gasteiger partial charge in [0.1, 0.15) is 5.75 Å². The highest BCUT2D eigenvalue weighted by Gasteiger charge is 2.27. The first kappa shape index (κ1) is 12.5. The minimum Gasteiger partial charge on any atom is -0.493 e. The number of hydrogen-bond donors (Lipinski definition) is 1. The highest BCUT2D eigenvalue weighted by Crippen LogP contribution is 2.43. The monoisotopic (exact) mass is 309 g/mol. The van der Waals surface area contributed by atoms with Crippen LogP contribution in [0.2, 0.25) is 0 Å². The summed E-state index contributed by atoms with van der Waals surface area (Å²) in [6.07, 6.45) is 6.04. The van der Waals surface area contributed by atoms with Crippen LogP contribution < -0.4 is 10.1 Å². The van der Waals surface area contributed by atoms with Gasteiger partial charge in [-0.2, -0.15) is 0 Å². The summed E-state index contributed by atoms with van der Waals surface area (Å²) in [4.78, 5) is 0. The third-order valence-electron chi connectivity index (χ3n) is 4.04. The van der Waals surface area contributed by atoms with Gasteiger partial charge in [0.05, 0.1) is 6.61 Å². The van der Waals surface area contributed by atoms with Crippen molar-refractivity contribution in [2.45, 2.75) is 45.1 Å². The molecule has 0 aromatic heterocycles. The molecule has 0 radical (unpaired) electrons. The second-order valence-corrected chi connectivity index (χ2v) is 6.05. The maximum Gasteiger partial charge on any atom is 0.126 e. The van der Waals surface area contributed by atoms with Crippen LogP contribution in [0.15, 0.2) is 10.5 Å². The Balaban J connectivity index is 2.11. The van der Waals surface area contributed by atoms with E-state index in [4.69, 9.17) is 4.74 Å². The van der Waals surface area contributed by atoms with Crippen LogP contribution in [-0.4, -0.2) is 13.2 Å². The van der Waals surface area contributed by atoms with Crippen molar-refractivity contribution in [1.29, 1.82) is 0 Å². The molecule has 3 heteroatoms. The fraction of sp³-hybridized carbons (Fsp3) is 0.600. The zero-order valence-electron chi connectivity index (χ0n) is 10.9. The minimum atomic E-state index is 0.483. The minimum absolute atomic E-state index is 0.483. The van der Waals surface area contributed by atoms with Gasteiger partial charge in [0.15, 0.2) is 0 Å². The number of fused-ring (bicyclic) bond motifs is 3. The Kier molecular flexibility index (Phi) is 3.62. The molecular formula is C15H20BrNO. The van der Waals surface area contributed by atoms with Crippen LogP contribution in [0.4, 0.5) is 0 Å². The molecule has 0 spiro atoms. The van der Waals surface area contributed by atoms with Crippen molar-refractivity contribution in [2.75, 3.05) is 13.2 Å². The predicted molar refractivity (Wildman–Crippen MR) is 77.3 cm³/mol. The van der Waals surface area contributed by atoms with Gasteiger partial charge in [-0.15, -0.1) is 0 Å². The number of nitrogens with one attached hydrogen (secondary N) is 1. The smallest absolute Gasteiger partial charge is 0.126 e. The molecule has 1 aromatic rings. The maximum atomic E-state index is 5.89. The number of hydrogen-bond acceptors (Lipinski definition) is 2. The van der Waals surface area contributed by atoms with E-state index in [-0.39, 0.29) is 0 Å². The molecule has 0 bridgehead atoms. The van der Waals surface area contributed by atoms with Crippen LogP contribution in [0, 0.1) is 0 Å². The van der Waals surface area contributed by atoms with Gasteiger partial charge in [0.2, 0.25) is 0 Å². The summed E-state index contributed by atoms with van der Waals surface area (Å²) in [6.45, 7) is 4.06. The molecule has 2 aliphatic rings. The molecule has 0 saturated heterocycles. The third kappa shape index (κ3) is 2.08. The largest absolute Gasteiger partial charge is 0.493 e. The van der Waals surface area contributed by atoms with E-state index in [0.717, 1.165) is 19.6 Å². The van der Waals surface area contributed by atoms with Crippen molar-refractivity contribution in [2.24, 2.45) is 0 Å². The molecule has 1 unspecified atom stereocenters. The van der Waals surface area contributed by atoms with Crippen LogP contribution in [0.25, 0.3) is 0 Å². The van der Waals surface area contributed by atoms with Crippen molar-refractivity contribution >= 4 is 15.9 Å². The molecule has 1 aliphatic heterocycles. The van der Waals surface area contributed by atoms with E-state index in [0.29, 0.717) is 6.04 Å². The van der Waals surface area contributed by atoms with Gasteiger partial charge in [-0.1, -0.05) is 29.3 Å². The lowest BCUT2D eigenvalue weighted by Crippen LogP contribution is -2.21. The first-order valence-electron chi connectivity index (χ1n) is 7.01. The molecule has 0 fully saturated rings. The van der Waals surface area contributed by atoms with E-state index in [1.807, 2.05) is 0 Å². The number of benzene rings is 1. The molecule has 18 heavy (non-hydrogen) atoms. The van der Waals surface area contributed by atoms with Crippen molar-refractivity contribution in [3.05, 3.63) is 27.2 Å². The zero-order valence-corrected chi connectivity index (χ0v) is 12.5. The van der Waals surface area contributed by atoms with Crippen molar-refractivity contribution in [3.63, 3.8) is 0 Å². The fourth-order valence-corrected chi connectivity index (χ4v) is 4.05. The van der Waals surface area contributed by atoms with Gasteiger partial charge in [-0.05, 0) is 43.0 Å². The number of ether oxygens (including phenoxy) is 1. The Morgan fingerprint density at radius 2 is 2.28 bits per heavy atom. The van der Waals surface area contributed by atoms with Crippen LogP contribution in [0.1, 0.15) is 48.9 Å². The highest BCUT2D eigenvalue weighted by atomic mass is 79.9. The van der Waals surface area contributed by atoms with Crippen LogP contribution >= 0.6 is 15.9 Å². The van der Waals surface area contributed by atoms with E-state index in [2.05, 4.69) is 34.2 Å². The van der Waals surface area contributed by atoms with Crippen molar-refractivity contribution in [3.8, 4) is 5.75 Å². The Bertz CT molecular complexity index is 458. The second-order valence-electron chi connectivity index (χ2n) is 5.19. The average Bonchev–Trinajstić information content (AvgIpc) is 2.71. The van der Waals surface area contributed by atoms with Crippen LogP contribution in [-0.2, 0) is 12.8 Å². The summed E-state index contributed by atoms with van der Waals surface area (Å²) in [5, 5.41) is 3.63. The summed E-state index contributed by atoms with van der Waals surface area (Å²) in [6, 6.07) is 2.76. The van der Waals surface area contributed by atoms with E-state index in [1.165, 1.54) is 52.6 Å². The zero-order chi connectivity index (χ0) is 12.5. The molecule has 1 atom stereocenters. The Labute approximate surface area is 117 Å². The summed E-state index contributed by atoms with van der Waals surface area (Å²) in [5.74, 6) is 1.19. The highest BCUT2D eigenvalue weighted by molar-refractivity contribution is 9.10. The number of halogens is 1. The molecule has 1 heterocycles. The quantitative estimate of drug-likeness (QED) is 0.840. The lowest BCUT2D eigenvalue weighted by atomic mass is 9.95. The summed E-state index contributed by atoms with van der Waals surface area (Å²) < 4.78 is 7.16. The second kappa shape index (κ2) is 5.22.